The number of hydrogen-bond acceptors (Lipinski definition) is 7. The van der Waals surface area contributed by atoms with Crippen LogP contribution in [0.3, 0.4) is 0 Å². The number of ether oxygens (including phenoxy) is 2. The van der Waals surface area contributed by atoms with E-state index < -0.39 is 58.9 Å². The number of aliphatic hydroxyl groups is 2. The number of rotatable bonds is 5. The maximum absolute atomic E-state index is 17.6. The van der Waals surface area contributed by atoms with Gasteiger partial charge in [-0.05, 0) is 80.5 Å². The van der Waals surface area contributed by atoms with Crippen LogP contribution in [0, 0.1) is 22.7 Å². The second-order valence-corrected chi connectivity index (χ2v) is 14.0. The van der Waals surface area contributed by atoms with Crippen LogP contribution in [-0.2, 0) is 26.1 Å². The van der Waals surface area contributed by atoms with E-state index in [1.54, 1.807) is 13.0 Å². The van der Waals surface area contributed by atoms with Crippen molar-refractivity contribution in [2.24, 2.45) is 29.7 Å². The zero-order valence-electron chi connectivity index (χ0n) is 25.6. The van der Waals surface area contributed by atoms with E-state index in [9.17, 15) is 19.8 Å². The Kier molecular flexibility index (Phi) is 6.52. The number of benzene rings is 1. The zero-order valence-corrected chi connectivity index (χ0v) is 25.6. The molecule has 4 N–H and O–H groups in total. The van der Waals surface area contributed by atoms with E-state index in [1.165, 1.54) is 12.2 Å². The maximum Gasteiger partial charge on any atom is 0.200 e. The van der Waals surface area contributed by atoms with Gasteiger partial charge in [-0.15, -0.1) is 0 Å². The summed E-state index contributed by atoms with van der Waals surface area (Å²) in [5.41, 5.74) is 4.49. The molecule has 8 nitrogen and oxygen atoms in total. The molecule has 10 atom stereocenters. The van der Waals surface area contributed by atoms with Crippen molar-refractivity contribution in [2.75, 3.05) is 12.3 Å². The van der Waals surface area contributed by atoms with Crippen LogP contribution in [0.25, 0.3) is 0 Å². The highest BCUT2D eigenvalue weighted by Crippen LogP contribution is 2.72. The average Bonchev–Trinajstić information content (AvgIpc) is 3.63. The first-order valence-corrected chi connectivity index (χ1v) is 15.6. The summed E-state index contributed by atoms with van der Waals surface area (Å²) in [6.07, 6.45) is 2.75. The van der Waals surface area contributed by atoms with E-state index in [2.05, 4.69) is 6.92 Å². The van der Waals surface area contributed by atoms with Gasteiger partial charge in [-0.2, -0.15) is 0 Å². The Hall–Kier alpha value is -3.11. The summed E-state index contributed by atoms with van der Waals surface area (Å²) in [7, 11) is 1.93. The monoisotopic (exact) mass is 604 g/mol. The number of hydrogen-bond donors (Lipinski definition) is 3. The predicted octanol–water partition coefficient (Wildman–Crippen LogP) is 4.45. The highest BCUT2D eigenvalue weighted by atomic mass is 19.1. The number of alkyl halides is 1. The molecule has 44 heavy (non-hydrogen) atoms. The molecule has 2 heterocycles. The lowest BCUT2D eigenvalue weighted by atomic mass is 9.44. The predicted molar refractivity (Wildman–Crippen MR) is 161 cm³/mol. The summed E-state index contributed by atoms with van der Waals surface area (Å²) >= 11 is 0. The van der Waals surface area contributed by atoms with Crippen LogP contribution < -0.4 is 5.73 Å². The molecule has 1 aliphatic heterocycles. The van der Waals surface area contributed by atoms with Gasteiger partial charge in [-0.3, -0.25) is 9.59 Å². The number of ketones is 2. The molecule has 234 valence electrons. The molecule has 1 aromatic carbocycles. The third-order valence-corrected chi connectivity index (χ3v) is 12.2. The molecule has 0 unspecified atom stereocenters. The van der Waals surface area contributed by atoms with Crippen molar-refractivity contribution in [2.45, 2.75) is 82.1 Å². The number of nitrogens with zero attached hydrogens (tertiary/aromatic N) is 1. The van der Waals surface area contributed by atoms with Crippen molar-refractivity contribution >= 4 is 17.3 Å². The maximum atomic E-state index is 17.6. The molecule has 0 spiro atoms. The molecular weight excluding hydrogens is 563 g/mol. The second-order valence-electron chi connectivity index (χ2n) is 14.0. The molecule has 0 radical (unpaired) electrons. The minimum Gasteiger partial charge on any atom is -0.399 e. The molecule has 4 aliphatic carbocycles. The van der Waals surface area contributed by atoms with Crippen LogP contribution in [0.1, 0.15) is 75.6 Å². The van der Waals surface area contributed by atoms with Gasteiger partial charge in [0.2, 0.25) is 6.29 Å². The first-order valence-electron chi connectivity index (χ1n) is 15.6. The van der Waals surface area contributed by atoms with Crippen molar-refractivity contribution in [3.8, 4) is 0 Å². The number of Topliss-reactive ketones (excluding diaryl/α,β-unsaturated/α-hetero) is 1. The fraction of sp³-hybridized carbons (Fsp3) is 0.543. The lowest BCUT2D eigenvalue weighted by molar-refractivity contribution is -0.232. The summed E-state index contributed by atoms with van der Waals surface area (Å²) in [5.74, 6) is -1.61. The molecule has 0 amide bonds. The Morgan fingerprint density at radius 2 is 2.00 bits per heavy atom. The topological polar surface area (TPSA) is 124 Å². The van der Waals surface area contributed by atoms with Gasteiger partial charge in [0.25, 0.3) is 0 Å². The van der Waals surface area contributed by atoms with Gasteiger partial charge in [0.05, 0.1) is 17.9 Å². The van der Waals surface area contributed by atoms with Crippen LogP contribution >= 0.6 is 0 Å². The van der Waals surface area contributed by atoms with Gasteiger partial charge in [0.1, 0.15) is 6.61 Å². The Morgan fingerprint density at radius 3 is 2.73 bits per heavy atom. The molecule has 9 heteroatoms. The molecular formula is C35H41FN2O6. The lowest BCUT2D eigenvalue weighted by Gasteiger charge is -2.62. The standard InChI is InChI=1S/C35H41FN2O6/c1-19(20-6-5-7-22(37)14-20)26-10-11-27(38(26)4)31-43-30-16-25-24-9-8-21-15-23(40)12-13-32(21,2)34(24,36)28(41)17-33(25,3)35(30,44-31)29(42)18-39/h5-7,10-15,19,24-25,28,30-31,39,41H,8-9,16-18,37H2,1-4H3/t19-,24+,25+,28+,30-,31-,32+,33+,34+,35-/m1/s1. The molecule has 1 aromatic heterocycles. The van der Waals surface area contributed by atoms with E-state index in [-0.39, 0.29) is 24.0 Å². The molecule has 5 aliphatic rings. The third-order valence-electron chi connectivity index (χ3n) is 12.2. The second kappa shape index (κ2) is 9.69. The van der Waals surface area contributed by atoms with E-state index in [0.29, 0.717) is 30.5 Å². The van der Waals surface area contributed by atoms with E-state index >= 15 is 4.39 Å². The number of allylic oxidation sites excluding steroid dienone is 4. The Labute approximate surface area is 256 Å². The number of carbonyl (C=O) groups is 2. The average molecular weight is 605 g/mol. The molecule has 3 saturated carbocycles. The lowest BCUT2D eigenvalue weighted by Crippen LogP contribution is -2.69. The van der Waals surface area contributed by atoms with E-state index in [4.69, 9.17) is 15.2 Å². The Balaban J connectivity index is 1.24. The third kappa shape index (κ3) is 3.58. The Morgan fingerprint density at radius 1 is 1.23 bits per heavy atom. The van der Waals surface area contributed by atoms with Gasteiger partial charge in [0.15, 0.2) is 22.8 Å². The number of aromatic nitrogens is 1. The molecule has 0 bridgehead atoms. The van der Waals surface area contributed by atoms with Gasteiger partial charge >= 0.3 is 0 Å². The van der Waals surface area contributed by atoms with Gasteiger partial charge in [0, 0.05) is 41.1 Å². The largest absolute Gasteiger partial charge is 0.399 e. The highest BCUT2D eigenvalue weighted by molar-refractivity contribution is 6.01. The number of halogens is 1. The van der Waals surface area contributed by atoms with Crippen LogP contribution in [0.5, 0.6) is 0 Å². The van der Waals surface area contributed by atoms with Crippen LogP contribution in [-0.4, -0.2) is 56.4 Å². The fourth-order valence-electron chi connectivity index (χ4n) is 9.92. The van der Waals surface area contributed by atoms with Crippen molar-refractivity contribution < 1.29 is 33.7 Å². The molecule has 2 aromatic rings. The number of aliphatic hydroxyl groups excluding tert-OH is 2. The molecule has 1 saturated heterocycles. The first kappa shape index (κ1) is 29.6. The zero-order chi connectivity index (χ0) is 31.4. The number of anilines is 1. The first-order chi connectivity index (χ1) is 20.8. The number of fused-ring (bicyclic) bond motifs is 7. The Bertz CT molecular complexity index is 1620. The smallest absolute Gasteiger partial charge is 0.200 e. The highest BCUT2D eigenvalue weighted by Gasteiger charge is 2.79. The molecule has 7 rings (SSSR count). The minimum absolute atomic E-state index is 0.0231. The summed E-state index contributed by atoms with van der Waals surface area (Å²) < 4.78 is 32.9. The van der Waals surface area contributed by atoms with E-state index in [1.807, 2.05) is 54.9 Å². The van der Waals surface area contributed by atoms with Crippen molar-refractivity contribution in [3.63, 3.8) is 0 Å². The SMILES string of the molecule is C[C@H](c1cccc(N)c1)c1ccc([C@@H]2O[C@@H]3C[C@H]4[C@@H]5CCC6=CC(=O)C=C[C@]6(C)[C@@]5(F)[C@@H](O)C[C@]4(C)[C@]3(C(=O)CO)O2)n1C. The van der Waals surface area contributed by atoms with Crippen molar-refractivity contribution in [1.82, 2.24) is 4.57 Å². The van der Waals surface area contributed by atoms with Crippen molar-refractivity contribution in [3.05, 3.63) is 77.2 Å². The van der Waals surface area contributed by atoms with Gasteiger partial charge in [-0.25, -0.2) is 4.39 Å². The molecule has 4 fully saturated rings. The van der Waals surface area contributed by atoms with Crippen LogP contribution in [0.2, 0.25) is 0 Å². The van der Waals surface area contributed by atoms with Crippen molar-refractivity contribution in [1.29, 1.82) is 0 Å². The van der Waals surface area contributed by atoms with Crippen LogP contribution in [0.15, 0.2) is 60.2 Å². The fourth-order valence-corrected chi connectivity index (χ4v) is 9.92. The number of carbonyl (C=O) groups excluding carboxylic acids is 2. The summed E-state index contributed by atoms with van der Waals surface area (Å²) in [4.78, 5) is 26.0. The minimum atomic E-state index is -2.04. The summed E-state index contributed by atoms with van der Waals surface area (Å²) in [6.45, 7) is 5.00. The summed E-state index contributed by atoms with van der Waals surface area (Å²) in [6, 6.07) is 11.7. The van der Waals surface area contributed by atoms with Gasteiger partial charge in [-0.1, -0.05) is 37.6 Å². The number of nitrogen functional groups attached to an aromatic ring is 1. The van der Waals surface area contributed by atoms with Crippen LogP contribution in [0.4, 0.5) is 10.1 Å². The van der Waals surface area contributed by atoms with E-state index in [0.717, 1.165) is 17.0 Å². The normalized spacial score (nSPS) is 41.4. The van der Waals surface area contributed by atoms with Gasteiger partial charge < -0.3 is 30.0 Å². The number of nitrogens with two attached hydrogens (primary N) is 1. The quantitative estimate of drug-likeness (QED) is 0.431. The summed E-state index contributed by atoms with van der Waals surface area (Å²) in [5, 5.41) is 22.0.